The molecule has 0 aliphatic rings. The van der Waals surface area contributed by atoms with Crippen LogP contribution in [0.25, 0.3) is 0 Å². The summed E-state index contributed by atoms with van der Waals surface area (Å²) < 4.78 is 5.07. The summed E-state index contributed by atoms with van der Waals surface area (Å²) in [6, 6.07) is 10.5. The molecule has 0 radical (unpaired) electrons. The van der Waals surface area contributed by atoms with Crippen LogP contribution in [0.3, 0.4) is 0 Å². The third-order valence-electron chi connectivity index (χ3n) is 2.66. The summed E-state index contributed by atoms with van der Waals surface area (Å²) in [5.74, 6) is 0.347. The predicted octanol–water partition coefficient (Wildman–Crippen LogP) is 1.60. The van der Waals surface area contributed by atoms with Crippen LogP contribution in [0.4, 0.5) is 5.69 Å². The molecule has 98 valence electrons. The van der Waals surface area contributed by atoms with Gasteiger partial charge in [0.15, 0.2) is 0 Å². The molecule has 0 fully saturated rings. The first-order valence-electron chi connectivity index (χ1n) is 5.82. The lowest BCUT2D eigenvalue weighted by molar-refractivity contribution is 0.0951. The maximum atomic E-state index is 12.0. The lowest BCUT2D eigenvalue weighted by Crippen LogP contribution is -2.24. The Hall–Kier alpha value is -2.56. The number of nitrogens with one attached hydrogen (secondary N) is 1. The minimum Gasteiger partial charge on any atom is -0.497 e. The molecule has 1 heterocycles. The number of carbonyl (C=O) groups excluding carboxylic acids is 1. The normalized spacial score (nSPS) is 9.95. The van der Waals surface area contributed by atoms with Gasteiger partial charge in [0.2, 0.25) is 0 Å². The van der Waals surface area contributed by atoms with Crippen molar-refractivity contribution in [3.63, 3.8) is 0 Å². The highest BCUT2D eigenvalue weighted by atomic mass is 16.5. The molecule has 19 heavy (non-hydrogen) atoms. The van der Waals surface area contributed by atoms with Gasteiger partial charge in [-0.25, -0.2) is 0 Å². The van der Waals surface area contributed by atoms with Crippen molar-refractivity contribution in [2.45, 2.75) is 6.54 Å². The Kier molecular flexibility index (Phi) is 3.97. The average molecular weight is 257 g/mol. The van der Waals surface area contributed by atoms with Crippen LogP contribution in [0.2, 0.25) is 0 Å². The highest BCUT2D eigenvalue weighted by molar-refractivity contribution is 5.99. The Labute approximate surface area is 111 Å². The van der Waals surface area contributed by atoms with Gasteiger partial charge >= 0.3 is 0 Å². The van der Waals surface area contributed by atoms with E-state index in [0.29, 0.717) is 23.5 Å². The van der Waals surface area contributed by atoms with Crippen LogP contribution >= 0.6 is 0 Å². The standard InChI is InChI=1S/C14H15N3O2/c1-19-11-5-6-13(15)12(8-11)14(18)17-9-10-4-2-3-7-16-10/h2-8H,9,15H2,1H3,(H,17,18). The van der Waals surface area contributed by atoms with Crippen molar-refractivity contribution in [1.29, 1.82) is 0 Å². The van der Waals surface area contributed by atoms with E-state index in [1.807, 2.05) is 18.2 Å². The van der Waals surface area contributed by atoms with Crippen LogP contribution in [-0.2, 0) is 6.54 Å². The number of pyridine rings is 1. The lowest BCUT2D eigenvalue weighted by Gasteiger charge is -2.09. The molecule has 0 atom stereocenters. The van der Waals surface area contributed by atoms with E-state index in [0.717, 1.165) is 5.69 Å². The second-order valence-corrected chi connectivity index (χ2v) is 3.96. The predicted molar refractivity (Wildman–Crippen MR) is 72.8 cm³/mol. The zero-order valence-corrected chi connectivity index (χ0v) is 10.6. The van der Waals surface area contributed by atoms with E-state index in [9.17, 15) is 4.79 Å². The first-order valence-corrected chi connectivity index (χ1v) is 5.82. The zero-order chi connectivity index (χ0) is 13.7. The molecule has 3 N–H and O–H groups in total. The molecule has 0 saturated heterocycles. The van der Waals surface area contributed by atoms with E-state index in [2.05, 4.69) is 10.3 Å². The van der Waals surface area contributed by atoms with Gasteiger partial charge in [0.05, 0.1) is 24.9 Å². The first-order chi connectivity index (χ1) is 9.20. The van der Waals surface area contributed by atoms with Crippen LogP contribution in [0, 0.1) is 0 Å². The summed E-state index contributed by atoms with van der Waals surface area (Å²) in [6.45, 7) is 0.357. The Morgan fingerprint density at radius 3 is 2.89 bits per heavy atom. The van der Waals surface area contributed by atoms with Crippen molar-refractivity contribution in [3.8, 4) is 5.75 Å². The maximum Gasteiger partial charge on any atom is 0.253 e. The summed E-state index contributed by atoms with van der Waals surface area (Å²) >= 11 is 0. The number of benzene rings is 1. The summed E-state index contributed by atoms with van der Waals surface area (Å²) in [4.78, 5) is 16.2. The third kappa shape index (κ3) is 3.22. The average Bonchev–Trinajstić information content (AvgIpc) is 2.46. The van der Waals surface area contributed by atoms with Gasteiger partial charge in [0.25, 0.3) is 5.91 Å². The van der Waals surface area contributed by atoms with Gasteiger partial charge in [-0.15, -0.1) is 0 Å². The number of rotatable bonds is 4. The molecule has 1 amide bonds. The summed E-state index contributed by atoms with van der Waals surface area (Å²) in [7, 11) is 1.54. The van der Waals surface area contributed by atoms with Crippen molar-refractivity contribution < 1.29 is 9.53 Å². The third-order valence-corrected chi connectivity index (χ3v) is 2.66. The molecule has 0 bridgehead atoms. The molecule has 5 nitrogen and oxygen atoms in total. The molecular formula is C14H15N3O2. The summed E-state index contributed by atoms with van der Waals surface area (Å²) in [5.41, 5.74) is 7.39. The quantitative estimate of drug-likeness (QED) is 0.816. The molecule has 5 heteroatoms. The van der Waals surface area contributed by atoms with Gasteiger partial charge in [-0.05, 0) is 30.3 Å². The zero-order valence-electron chi connectivity index (χ0n) is 10.6. The number of ether oxygens (including phenoxy) is 1. The molecule has 0 unspecified atom stereocenters. The van der Waals surface area contributed by atoms with Crippen LogP contribution in [-0.4, -0.2) is 18.0 Å². The van der Waals surface area contributed by atoms with E-state index in [1.165, 1.54) is 0 Å². The molecule has 0 aliphatic carbocycles. The first kappa shape index (κ1) is 12.9. The number of hydrogen-bond acceptors (Lipinski definition) is 4. The Morgan fingerprint density at radius 2 is 2.21 bits per heavy atom. The van der Waals surface area contributed by atoms with Crippen LogP contribution < -0.4 is 15.8 Å². The maximum absolute atomic E-state index is 12.0. The molecule has 1 aromatic carbocycles. The van der Waals surface area contributed by atoms with E-state index >= 15 is 0 Å². The largest absolute Gasteiger partial charge is 0.497 e. The molecular weight excluding hydrogens is 242 g/mol. The Bertz CT molecular complexity index is 570. The van der Waals surface area contributed by atoms with Crippen molar-refractivity contribution in [1.82, 2.24) is 10.3 Å². The molecule has 1 aromatic heterocycles. The number of nitrogens with two attached hydrogens (primary N) is 1. The van der Waals surface area contributed by atoms with E-state index in [-0.39, 0.29) is 5.91 Å². The summed E-state index contributed by atoms with van der Waals surface area (Å²) in [5, 5.41) is 2.77. The minimum atomic E-state index is -0.248. The highest BCUT2D eigenvalue weighted by Crippen LogP contribution is 2.19. The fraction of sp³-hybridized carbons (Fsp3) is 0.143. The van der Waals surface area contributed by atoms with E-state index in [4.69, 9.17) is 10.5 Å². The molecule has 2 aromatic rings. The topological polar surface area (TPSA) is 77.2 Å². The SMILES string of the molecule is COc1ccc(N)c(C(=O)NCc2ccccn2)c1. The van der Waals surface area contributed by atoms with E-state index < -0.39 is 0 Å². The van der Waals surface area contributed by atoms with Gasteiger partial charge in [0, 0.05) is 11.9 Å². The monoisotopic (exact) mass is 257 g/mol. The van der Waals surface area contributed by atoms with Crippen molar-refractivity contribution in [2.24, 2.45) is 0 Å². The van der Waals surface area contributed by atoms with Gasteiger partial charge in [-0.1, -0.05) is 6.07 Å². The van der Waals surface area contributed by atoms with Gasteiger partial charge in [-0.2, -0.15) is 0 Å². The van der Waals surface area contributed by atoms with Crippen molar-refractivity contribution >= 4 is 11.6 Å². The van der Waals surface area contributed by atoms with Crippen molar-refractivity contribution in [2.75, 3.05) is 12.8 Å². The number of carbonyl (C=O) groups is 1. The van der Waals surface area contributed by atoms with Crippen LogP contribution in [0.1, 0.15) is 16.1 Å². The number of aromatic nitrogens is 1. The number of hydrogen-bond donors (Lipinski definition) is 2. The second kappa shape index (κ2) is 5.86. The number of anilines is 1. The van der Waals surface area contributed by atoms with Crippen LogP contribution in [0.15, 0.2) is 42.6 Å². The smallest absolute Gasteiger partial charge is 0.253 e. The number of methoxy groups -OCH3 is 1. The molecule has 0 aliphatic heterocycles. The molecule has 0 saturated carbocycles. The minimum absolute atomic E-state index is 0.248. The highest BCUT2D eigenvalue weighted by Gasteiger charge is 2.10. The number of amides is 1. The molecule has 2 rings (SSSR count). The van der Waals surface area contributed by atoms with E-state index in [1.54, 1.807) is 31.5 Å². The van der Waals surface area contributed by atoms with Crippen LogP contribution in [0.5, 0.6) is 5.75 Å². The number of nitrogens with zero attached hydrogens (tertiary/aromatic N) is 1. The number of nitrogen functional groups attached to an aromatic ring is 1. The van der Waals surface area contributed by atoms with Gasteiger partial charge in [0.1, 0.15) is 5.75 Å². The summed E-state index contributed by atoms with van der Waals surface area (Å²) in [6.07, 6.45) is 1.68. The fourth-order valence-electron chi connectivity index (χ4n) is 1.63. The lowest BCUT2D eigenvalue weighted by atomic mass is 10.1. The Balaban J connectivity index is 2.08. The van der Waals surface area contributed by atoms with Crippen molar-refractivity contribution in [3.05, 3.63) is 53.9 Å². The fourth-order valence-corrected chi connectivity index (χ4v) is 1.63. The molecule has 0 spiro atoms. The van der Waals surface area contributed by atoms with Gasteiger partial charge < -0.3 is 15.8 Å². The Morgan fingerprint density at radius 1 is 1.37 bits per heavy atom. The van der Waals surface area contributed by atoms with Gasteiger partial charge in [-0.3, -0.25) is 9.78 Å². The second-order valence-electron chi connectivity index (χ2n) is 3.96.